The van der Waals surface area contributed by atoms with Crippen molar-refractivity contribution in [3.63, 3.8) is 0 Å². The van der Waals surface area contributed by atoms with Gasteiger partial charge in [-0.15, -0.1) is 17.5 Å². The van der Waals surface area contributed by atoms with Crippen LogP contribution in [0.1, 0.15) is 12.8 Å². The van der Waals surface area contributed by atoms with E-state index in [4.69, 9.17) is 4.52 Å². The molecule has 24 heavy (non-hydrogen) atoms. The Balaban J connectivity index is 0.00000169. The largest absolute Gasteiger partial charge is 0.368 e. The number of hydrogen-bond donors (Lipinski definition) is 2. The molecule has 4 rings (SSSR count). The van der Waals surface area contributed by atoms with E-state index in [0.29, 0.717) is 11.5 Å². The van der Waals surface area contributed by atoms with E-state index < -0.39 is 0 Å². The van der Waals surface area contributed by atoms with E-state index in [2.05, 4.69) is 26.0 Å². The lowest BCUT2D eigenvalue weighted by Crippen LogP contribution is -2.31. The molecule has 1 aliphatic heterocycles. The Bertz CT molecular complexity index is 786. The highest BCUT2D eigenvalue weighted by Crippen LogP contribution is 2.31. The normalized spacial score (nSPS) is 15.2. The van der Waals surface area contributed by atoms with Gasteiger partial charge in [0.05, 0.1) is 11.6 Å². The van der Waals surface area contributed by atoms with Crippen LogP contribution in [0.5, 0.6) is 0 Å². The molecule has 0 aliphatic carbocycles. The zero-order valence-corrected chi connectivity index (χ0v) is 14.1. The summed E-state index contributed by atoms with van der Waals surface area (Å²) in [5, 5.41) is 20.3. The first kappa shape index (κ1) is 16.7. The number of nitrogens with zero attached hydrogens (tertiary/aromatic N) is 3. The molecular formula is C17H20ClN5O. The Kier molecular flexibility index (Phi) is 5.27. The highest BCUT2D eigenvalue weighted by molar-refractivity contribution is 5.98. The second-order valence-electron chi connectivity index (χ2n) is 5.90. The Morgan fingerprint density at radius 3 is 2.75 bits per heavy atom. The number of fused-ring (bicyclic) bond motifs is 1. The number of rotatable bonds is 4. The van der Waals surface area contributed by atoms with Gasteiger partial charge in [-0.1, -0.05) is 35.5 Å². The van der Waals surface area contributed by atoms with Crippen molar-refractivity contribution >= 4 is 29.2 Å². The molecule has 126 valence electrons. The highest BCUT2D eigenvalue weighted by atomic mass is 35.5. The van der Waals surface area contributed by atoms with Gasteiger partial charge in [-0.05, 0) is 31.8 Å². The summed E-state index contributed by atoms with van der Waals surface area (Å²) in [5.74, 6) is 1.41. The molecule has 2 N–H and O–H groups in total. The van der Waals surface area contributed by atoms with Gasteiger partial charge < -0.3 is 15.2 Å². The smallest absolute Gasteiger partial charge is 0.191 e. The Hall–Kier alpha value is -2.18. The van der Waals surface area contributed by atoms with Crippen molar-refractivity contribution in [1.29, 1.82) is 0 Å². The number of anilines is 1. The van der Waals surface area contributed by atoms with E-state index in [1.807, 2.05) is 30.3 Å². The van der Waals surface area contributed by atoms with Crippen LogP contribution in [-0.4, -0.2) is 35.0 Å². The van der Waals surface area contributed by atoms with Crippen molar-refractivity contribution in [3.8, 4) is 11.3 Å². The highest BCUT2D eigenvalue weighted by Gasteiger charge is 2.18. The molecule has 0 amide bonds. The van der Waals surface area contributed by atoms with Crippen LogP contribution in [-0.2, 0) is 0 Å². The predicted molar refractivity (Wildman–Crippen MR) is 96.4 cm³/mol. The number of piperidine rings is 1. The minimum Gasteiger partial charge on any atom is -0.368 e. The number of nitrogens with one attached hydrogen (secondary N) is 2. The van der Waals surface area contributed by atoms with E-state index in [1.165, 1.54) is 12.8 Å². The second kappa shape index (κ2) is 7.59. The van der Waals surface area contributed by atoms with Crippen LogP contribution in [0, 0.1) is 5.92 Å². The van der Waals surface area contributed by atoms with Gasteiger partial charge in [0, 0.05) is 12.1 Å². The molecule has 0 bridgehead atoms. The maximum atomic E-state index is 5.43. The first-order valence-electron chi connectivity index (χ1n) is 8.03. The second-order valence-corrected chi connectivity index (χ2v) is 5.90. The lowest BCUT2D eigenvalue weighted by Gasteiger charge is -2.22. The number of benzene rings is 1. The fourth-order valence-electron chi connectivity index (χ4n) is 3.05. The summed E-state index contributed by atoms with van der Waals surface area (Å²) >= 11 is 0. The van der Waals surface area contributed by atoms with Crippen LogP contribution >= 0.6 is 12.4 Å². The lowest BCUT2D eigenvalue weighted by molar-refractivity contribution is 0.389. The summed E-state index contributed by atoms with van der Waals surface area (Å²) in [5.41, 5.74) is 2.49. The molecule has 0 radical (unpaired) electrons. The number of hydrogen-bond acceptors (Lipinski definition) is 6. The van der Waals surface area contributed by atoms with Crippen molar-refractivity contribution in [2.45, 2.75) is 12.8 Å². The lowest BCUT2D eigenvalue weighted by atomic mass is 9.98. The molecule has 7 heteroatoms. The molecule has 1 fully saturated rings. The summed E-state index contributed by atoms with van der Waals surface area (Å²) in [4.78, 5) is 0. The first-order chi connectivity index (χ1) is 11.4. The molecule has 1 saturated heterocycles. The van der Waals surface area contributed by atoms with Crippen LogP contribution in [0.4, 0.5) is 5.82 Å². The van der Waals surface area contributed by atoms with Crippen LogP contribution in [0.15, 0.2) is 41.1 Å². The van der Waals surface area contributed by atoms with Gasteiger partial charge in [-0.25, -0.2) is 0 Å². The van der Waals surface area contributed by atoms with Crippen molar-refractivity contribution in [2.24, 2.45) is 5.92 Å². The molecule has 2 aromatic heterocycles. The van der Waals surface area contributed by atoms with E-state index in [0.717, 1.165) is 42.1 Å². The van der Waals surface area contributed by atoms with Gasteiger partial charge in [0.1, 0.15) is 5.69 Å². The van der Waals surface area contributed by atoms with Gasteiger partial charge in [0.15, 0.2) is 11.4 Å². The monoisotopic (exact) mass is 345 g/mol. The fraction of sp³-hybridized carbons (Fsp3) is 0.353. The molecule has 0 saturated carbocycles. The standard InChI is InChI=1S/C17H19N5O.ClH/c1-2-4-13(5-3-1)16-15-14(23-22-16)11-20-21-17(15)19-10-12-6-8-18-9-7-12;/h1-5,11-12,18H,6-10H2,(H,19,21);1H. The fourth-order valence-corrected chi connectivity index (χ4v) is 3.05. The average molecular weight is 346 g/mol. The van der Waals surface area contributed by atoms with Crippen LogP contribution in [0.3, 0.4) is 0 Å². The van der Waals surface area contributed by atoms with Gasteiger partial charge >= 0.3 is 0 Å². The topological polar surface area (TPSA) is 75.9 Å². The maximum absolute atomic E-state index is 5.43. The summed E-state index contributed by atoms with van der Waals surface area (Å²) in [6.45, 7) is 3.07. The Morgan fingerprint density at radius 2 is 1.96 bits per heavy atom. The van der Waals surface area contributed by atoms with Crippen molar-refractivity contribution in [1.82, 2.24) is 20.7 Å². The minimum atomic E-state index is 0. The van der Waals surface area contributed by atoms with Crippen LogP contribution in [0.2, 0.25) is 0 Å². The van der Waals surface area contributed by atoms with E-state index >= 15 is 0 Å². The molecular weight excluding hydrogens is 326 g/mol. The molecule has 0 atom stereocenters. The molecule has 0 spiro atoms. The third-order valence-electron chi connectivity index (χ3n) is 4.35. The molecule has 3 aromatic rings. The maximum Gasteiger partial charge on any atom is 0.191 e. The Labute approximate surface area is 146 Å². The SMILES string of the molecule is Cl.c1ccc(-c2noc3cnnc(NCC4CCNCC4)c23)cc1. The van der Waals surface area contributed by atoms with E-state index in [9.17, 15) is 0 Å². The van der Waals surface area contributed by atoms with Crippen molar-refractivity contribution in [3.05, 3.63) is 36.5 Å². The molecule has 0 unspecified atom stereocenters. The van der Waals surface area contributed by atoms with Crippen LogP contribution in [0.25, 0.3) is 22.2 Å². The number of halogens is 1. The molecule has 6 nitrogen and oxygen atoms in total. The predicted octanol–water partition coefficient (Wildman–Crippen LogP) is 3.12. The minimum absolute atomic E-state index is 0. The third-order valence-corrected chi connectivity index (χ3v) is 4.35. The molecule has 3 heterocycles. The molecule has 1 aliphatic rings. The summed E-state index contributed by atoms with van der Waals surface area (Å²) in [7, 11) is 0. The first-order valence-corrected chi connectivity index (χ1v) is 8.03. The Morgan fingerprint density at radius 1 is 1.17 bits per heavy atom. The van der Waals surface area contributed by atoms with Gasteiger partial charge in [-0.3, -0.25) is 0 Å². The zero-order chi connectivity index (χ0) is 15.5. The van der Waals surface area contributed by atoms with Gasteiger partial charge in [0.25, 0.3) is 0 Å². The van der Waals surface area contributed by atoms with Crippen molar-refractivity contribution in [2.75, 3.05) is 25.0 Å². The summed E-state index contributed by atoms with van der Waals surface area (Å²) in [6.07, 6.45) is 3.99. The quantitative estimate of drug-likeness (QED) is 0.756. The van der Waals surface area contributed by atoms with Crippen molar-refractivity contribution < 1.29 is 4.52 Å². The zero-order valence-electron chi connectivity index (χ0n) is 13.2. The van der Waals surface area contributed by atoms with E-state index in [1.54, 1.807) is 6.20 Å². The van der Waals surface area contributed by atoms with Crippen LogP contribution < -0.4 is 10.6 Å². The molecule has 1 aromatic carbocycles. The van der Waals surface area contributed by atoms with E-state index in [-0.39, 0.29) is 12.4 Å². The average Bonchev–Trinajstić information content (AvgIpc) is 3.06. The third kappa shape index (κ3) is 3.34. The summed E-state index contributed by atoms with van der Waals surface area (Å²) < 4.78 is 5.43. The number of aromatic nitrogens is 3. The van der Waals surface area contributed by atoms with Gasteiger partial charge in [0.2, 0.25) is 0 Å². The summed E-state index contributed by atoms with van der Waals surface area (Å²) in [6, 6.07) is 10.0. The van der Waals surface area contributed by atoms with Gasteiger partial charge in [-0.2, -0.15) is 5.10 Å².